The number of hydrogen-bond donors (Lipinski definition) is 0. The van der Waals surface area contributed by atoms with Gasteiger partial charge in [-0.3, -0.25) is 4.90 Å². The van der Waals surface area contributed by atoms with Gasteiger partial charge in [-0.15, -0.1) is 0 Å². The van der Waals surface area contributed by atoms with Crippen LogP contribution in [0.5, 0.6) is 0 Å². The van der Waals surface area contributed by atoms with Gasteiger partial charge in [0, 0.05) is 17.1 Å². The van der Waals surface area contributed by atoms with Crippen molar-refractivity contribution < 1.29 is 4.42 Å². The first-order valence-corrected chi connectivity index (χ1v) is 9.61. The summed E-state index contributed by atoms with van der Waals surface area (Å²) in [5, 5.41) is 0.721. The molecule has 134 valence electrons. The topological polar surface area (TPSA) is 29.3 Å². The van der Waals surface area contributed by atoms with E-state index in [0.717, 1.165) is 41.8 Å². The minimum atomic E-state index is 0.663. The molecule has 26 heavy (non-hydrogen) atoms. The maximum Gasteiger partial charge on any atom is 0.226 e. The van der Waals surface area contributed by atoms with E-state index in [1.54, 1.807) is 6.26 Å². The van der Waals surface area contributed by atoms with Crippen molar-refractivity contribution in [3.63, 3.8) is 0 Å². The van der Waals surface area contributed by atoms with Crippen LogP contribution in [0.3, 0.4) is 0 Å². The summed E-state index contributed by atoms with van der Waals surface area (Å²) in [7, 11) is 0. The van der Waals surface area contributed by atoms with Crippen LogP contribution in [0.15, 0.2) is 65.3 Å². The molecule has 1 aliphatic heterocycles. The molecule has 0 atom stereocenters. The lowest BCUT2D eigenvalue weighted by Gasteiger charge is -2.31. The van der Waals surface area contributed by atoms with Crippen LogP contribution in [0.25, 0.3) is 11.5 Å². The summed E-state index contributed by atoms with van der Waals surface area (Å²) in [5.74, 6) is 1.45. The molecule has 0 aliphatic carbocycles. The van der Waals surface area contributed by atoms with Crippen molar-refractivity contribution in [2.45, 2.75) is 25.8 Å². The van der Waals surface area contributed by atoms with Crippen molar-refractivity contribution >= 4 is 11.6 Å². The second kappa shape index (κ2) is 8.07. The fraction of sp³-hybridized carbons (Fsp3) is 0.318. The van der Waals surface area contributed by atoms with Gasteiger partial charge in [0.2, 0.25) is 5.89 Å². The van der Waals surface area contributed by atoms with Gasteiger partial charge in [0.05, 0.1) is 5.69 Å². The highest BCUT2D eigenvalue weighted by molar-refractivity contribution is 6.30. The number of rotatable bonds is 5. The van der Waals surface area contributed by atoms with Crippen LogP contribution in [-0.4, -0.2) is 23.0 Å². The number of benzene rings is 2. The Morgan fingerprint density at radius 3 is 2.46 bits per heavy atom. The molecule has 4 rings (SSSR count). The van der Waals surface area contributed by atoms with Crippen LogP contribution in [0.1, 0.15) is 24.1 Å². The first-order chi connectivity index (χ1) is 12.8. The standard InChI is InChI=1S/C22H23ClN2O/c23-20-8-6-19(7-9-20)22-24-21(16-26-22)15-25-12-10-18(11-13-25)14-17-4-2-1-3-5-17/h1-9,16,18H,10-15H2. The van der Waals surface area contributed by atoms with Crippen LogP contribution in [0, 0.1) is 5.92 Å². The van der Waals surface area contributed by atoms with E-state index in [-0.39, 0.29) is 0 Å². The zero-order valence-corrected chi connectivity index (χ0v) is 15.5. The molecule has 1 fully saturated rings. The van der Waals surface area contributed by atoms with Crippen molar-refractivity contribution in [2.75, 3.05) is 13.1 Å². The third-order valence-electron chi connectivity index (χ3n) is 5.10. The Hall–Kier alpha value is -2.10. The molecule has 2 aromatic carbocycles. The van der Waals surface area contributed by atoms with Crippen LogP contribution in [0.4, 0.5) is 0 Å². The number of likely N-dealkylation sites (tertiary alicyclic amines) is 1. The van der Waals surface area contributed by atoms with Gasteiger partial charge in [0.1, 0.15) is 6.26 Å². The third-order valence-corrected chi connectivity index (χ3v) is 5.35. The Labute approximate surface area is 159 Å². The van der Waals surface area contributed by atoms with Gasteiger partial charge < -0.3 is 4.42 Å². The summed E-state index contributed by atoms with van der Waals surface area (Å²) in [6.07, 6.45) is 5.47. The molecule has 0 unspecified atom stereocenters. The normalized spacial score (nSPS) is 16.0. The molecule has 0 spiro atoms. The van der Waals surface area contributed by atoms with Gasteiger partial charge in [-0.25, -0.2) is 4.98 Å². The lowest BCUT2D eigenvalue weighted by atomic mass is 9.90. The van der Waals surface area contributed by atoms with Gasteiger partial charge in [0.25, 0.3) is 0 Å². The van der Waals surface area contributed by atoms with E-state index in [4.69, 9.17) is 16.0 Å². The molecule has 4 heteroatoms. The Morgan fingerprint density at radius 2 is 1.73 bits per heavy atom. The predicted molar refractivity (Wildman–Crippen MR) is 105 cm³/mol. The molecular weight excluding hydrogens is 344 g/mol. The smallest absolute Gasteiger partial charge is 0.226 e. The average molecular weight is 367 g/mol. The number of nitrogens with zero attached hydrogens (tertiary/aromatic N) is 2. The fourth-order valence-corrected chi connectivity index (χ4v) is 3.76. The van der Waals surface area contributed by atoms with Crippen LogP contribution in [-0.2, 0) is 13.0 Å². The minimum Gasteiger partial charge on any atom is -0.444 e. The Kier molecular flexibility index (Phi) is 5.37. The third kappa shape index (κ3) is 4.35. The molecule has 2 heterocycles. The minimum absolute atomic E-state index is 0.663. The largest absolute Gasteiger partial charge is 0.444 e. The number of oxazole rings is 1. The Bertz CT molecular complexity index is 821. The maximum absolute atomic E-state index is 5.94. The van der Waals surface area contributed by atoms with Crippen molar-refractivity contribution in [3.05, 3.63) is 77.1 Å². The van der Waals surface area contributed by atoms with E-state index < -0.39 is 0 Å². The van der Waals surface area contributed by atoms with Crippen molar-refractivity contribution in [1.82, 2.24) is 9.88 Å². The van der Waals surface area contributed by atoms with Crippen LogP contribution >= 0.6 is 11.6 Å². The van der Waals surface area contributed by atoms with Gasteiger partial charge in [-0.2, -0.15) is 0 Å². The first kappa shape index (κ1) is 17.3. The predicted octanol–water partition coefficient (Wildman–Crippen LogP) is 5.45. The Balaban J connectivity index is 1.30. The van der Waals surface area contributed by atoms with Gasteiger partial charge in [-0.1, -0.05) is 41.9 Å². The summed E-state index contributed by atoms with van der Waals surface area (Å²) < 4.78 is 5.65. The van der Waals surface area contributed by atoms with E-state index in [1.165, 1.54) is 24.8 Å². The lowest BCUT2D eigenvalue weighted by Crippen LogP contribution is -2.33. The fourth-order valence-electron chi connectivity index (χ4n) is 3.63. The molecule has 3 aromatic rings. The quantitative estimate of drug-likeness (QED) is 0.601. The van der Waals surface area contributed by atoms with E-state index >= 15 is 0 Å². The summed E-state index contributed by atoms with van der Waals surface area (Å²) in [5.41, 5.74) is 3.41. The first-order valence-electron chi connectivity index (χ1n) is 9.23. The molecule has 1 saturated heterocycles. The summed E-state index contributed by atoms with van der Waals surface area (Å²) >= 11 is 5.94. The van der Waals surface area contributed by atoms with Gasteiger partial charge in [-0.05, 0) is 68.1 Å². The van der Waals surface area contributed by atoms with Crippen molar-refractivity contribution in [1.29, 1.82) is 0 Å². The highest BCUT2D eigenvalue weighted by Gasteiger charge is 2.20. The maximum atomic E-state index is 5.94. The summed E-state index contributed by atoms with van der Waals surface area (Å²) in [4.78, 5) is 7.12. The molecule has 3 nitrogen and oxygen atoms in total. The number of aromatic nitrogens is 1. The van der Waals surface area contributed by atoms with E-state index in [1.807, 2.05) is 24.3 Å². The molecular formula is C22H23ClN2O. The molecule has 1 aromatic heterocycles. The molecule has 0 radical (unpaired) electrons. The molecule has 1 aliphatic rings. The number of hydrogen-bond acceptors (Lipinski definition) is 3. The zero-order chi connectivity index (χ0) is 17.8. The average Bonchev–Trinajstić information content (AvgIpc) is 3.13. The monoisotopic (exact) mass is 366 g/mol. The molecule has 0 saturated carbocycles. The highest BCUT2D eigenvalue weighted by Crippen LogP contribution is 2.24. The van der Waals surface area contributed by atoms with E-state index in [0.29, 0.717) is 5.89 Å². The highest BCUT2D eigenvalue weighted by atomic mass is 35.5. The van der Waals surface area contributed by atoms with Gasteiger partial charge >= 0.3 is 0 Å². The van der Waals surface area contributed by atoms with Gasteiger partial charge in [0.15, 0.2) is 0 Å². The molecule has 0 bridgehead atoms. The molecule has 0 N–H and O–H groups in total. The van der Waals surface area contributed by atoms with Crippen molar-refractivity contribution in [3.8, 4) is 11.5 Å². The summed E-state index contributed by atoms with van der Waals surface area (Å²) in [6, 6.07) is 18.4. The van der Waals surface area contributed by atoms with E-state index in [9.17, 15) is 0 Å². The van der Waals surface area contributed by atoms with Crippen molar-refractivity contribution in [2.24, 2.45) is 5.92 Å². The Morgan fingerprint density at radius 1 is 1.00 bits per heavy atom. The van der Waals surface area contributed by atoms with E-state index in [2.05, 4.69) is 40.2 Å². The van der Waals surface area contributed by atoms with Crippen LogP contribution < -0.4 is 0 Å². The second-order valence-electron chi connectivity index (χ2n) is 7.06. The summed E-state index contributed by atoms with van der Waals surface area (Å²) in [6.45, 7) is 3.11. The lowest BCUT2D eigenvalue weighted by molar-refractivity contribution is 0.175. The number of halogens is 1. The zero-order valence-electron chi connectivity index (χ0n) is 14.8. The number of piperidine rings is 1. The second-order valence-corrected chi connectivity index (χ2v) is 7.50. The van der Waals surface area contributed by atoms with Crippen LogP contribution in [0.2, 0.25) is 5.02 Å². The molecule has 0 amide bonds. The SMILES string of the molecule is Clc1ccc(-c2nc(CN3CCC(Cc4ccccc4)CC3)co2)cc1.